The Morgan fingerprint density at radius 2 is 2.00 bits per heavy atom. The standard InChI is InChI=1S/C15H22N2O2.ClH/c16-10-6-2-1-3-9-15(18)17-13-11-19-14-8-5-4-7-12(13)14;/h4-5,7-8,13H,1-3,6,9-11,16H2,(H,17,18);1H. The number of nitrogens with one attached hydrogen (secondary N) is 1. The van der Waals surface area contributed by atoms with Gasteiger partial charge in [-0.1, -0.05) is 31.0 Å². The third-order valence-electron chi connectivity index (χ3n) is 3.39. The summed E-state index contributed by atoms with van der Waals surface area (Å²) in [6.45, 7) is 1.28. The van der Waals surface area contributed by atoms with Crippen molar-refractivity contribution in [3.05, 3.63) is 29.8 Å². The number of carbonyl (C=O) groups is 1. The molecule has 4 nitrogen and oxygen atoms in total. The van der Waals surface area contributed by atoms with Gasteiger partial charge in [0.15, 0.2) is 0 Å². The van der Waals surface area contributed by atoms with Crippen LogP contribution in [-0.2, 0) is 4.79 Å². The van der Waals surface area contributed by atoms with Crippen molar-refractivity contribution in [1.82, 2.24) is 5.32 Å². The Kier molecular flexibility index (Phi) is 7.41. The molecule has 1 aliphatic heterocycles. The van der Waals surface area contributed by atoms with Crippen molar-refractivity contribution >= 4 is 18.3 Å². The molecule has 1 amide bonds. The van der Waals surface area contributed by atoms with Crippen LogP contribution in [-0.4, -0.2) is 19.1 Å². The number of halogens is 1. The van der Waals surface area contributed by atoms with E-state index >= 15 is 0 Å². The molecule has 1 atom stereocenters. The van der Waals surface area contributed by atoms with Gasteiger partial charge in [0.25, 0.3) is 0 Å². The van der Waals surface area contributed by atoms with Gasteiger partial charge in [0, 0.05) is 12.0 Å². The number of unbranched alkanes of at least 4 members (excludes halogenated alkanes) is 3. The minimum Gasteiger partial charge on any atom is -0.491 e. The smallest absolute Gasteiger partial charge is 0.220 e. The molecule has 20 heavy (non-hydrogen) atoms. The second-order valence-corrected chi connectivity index (χ2v) is 4.92. The van der Waals surface area contributed by atoms with Crippen LogP contribution in [0.15, 0.2) is 24.3 Å². The molecule has 1 heterocycles. The molecule has 0 saturated carbocycles. The quantitative estimate of drug-likeness (QED) is 0.760. The summed E-state index contributed by atoms with van der Waals surface area (Å²) in [5.41, 5.74) is 6.51. The van der Waals surface area contributed by atoms with Crippen molar-refractivity contribution in [1.29, 1.82) is 0 Å². The van der Waals surface area contributed by atoms with Gasteiger partial charge in [-0.15, -0.1) is 12.4 Å². The lowest BCUT2D eigenvalue weighted by Gasteiger charge is -2.11. The lowest BCUT2D eigenvalue weighted by atomic mass is 10.1. The number of para-hydroxylation sites is 1. The summed E-state index contributed by atoms with van der Waals surface area (Å²) in [6, 6.07) is 7.87. The van der Waals surface area contributed by atoms with Crippen molar-refractivity contribution in [2.45, 2.75) is 38.1 Å². The van der Waals surface area contributed by atoms with Gasteiger partial charge in [-0.05, 0) is 25.5 Å². The number of carbonyl (C=O) groups excluding carboxylic acids is 1. The minimum atomic E-state index is 0. The number of hydrogen-bond acceptors (Lipinski definition) is 3. The first-order valence-corrected chi connectivity index (χ1v) is 7.02. The third-order valence-corrected chi connectivity index (χ3v) is 3.39. The number of fused-ring (bicyclic) bond motifs is 1. The van der Waals surface area contributed by atoms with E-state index in [4.69, 9.17) is 10.5 Å². The van der Waals surface area contributed by atoms with Crippen LogP contribution >= 0.6 is 12.4 Å². The molecule has 1 aromatic rings. The zero-order valence-electron chi connectivity index (χ0n) is 11.6. The van der Waals surface area contributed by atoms with E-state index in [-0.39, 0.29) is 24.4 Å². The third kappa shape index (κ3) is 4.69. The van der Waals surface area contributed by atoms with Gasteiger partial charge < -0.3 is 15.8 Å². The lowest BCUT2D eigenvalue weighted by molar-refractivity contribution is -0.122. The Morgan fingerprint density at radius 3 is 2.80 bits per heavy atom. The number of amides is 1. The van der Waals surface area contributed by atoms with Crippen molar-refractivity contribution in [2.75, 3.05) is 13.2 Å². The van der Waals surface area contributed by atoms with Gasteiger partial charge in [0.05, 0.1) is 6.04 Å². The first-order valence-electron chi connectivity index (χ1n) is 7.02. The highest BCUT2D eigenvalue weighted by Gasteiger charge is 2.24. The molecule has 0 saturated heterocycles. The number of ether oxygens (including phenoxy) is 1. The molecule has 1 unspecified atom stereocenters. The predicted octanol–water partition coefficient (Wildman–Crippen LogP) is 2.57. The normalized spacial score (nSPS) is 15.9. The Hall–Kier alpha value is -1.26. The van der Waals surface area contributed by atoms with Crippen molar-refractivity contribution in [2.24, 2.45) is 5.73 Å². The maximum Gasteiger partial charge on any atom is 0.220 e. The van der Waals surface area contributed by atoms with Crippen molar-refractivity contribution in [3.63, 3.8) is 0 Å². The van der Waals surface area contributed by atoms with Crippen LogP contribution in [0.5, 0.6) is 5.75 Å². The number of rotatable bonds is 7. The van der Waals surface area contributed by atoms with Gasteiger partial charge in [0.2, 0.25) is 5.91 Å². The number of hydrogen-bond donors (Lipinski definition) is 2. The summed E-state index contributed by atoms with van der Waals surface area (Å²) < 4.78 is 5.54. The molecule has 112 valence electrons. The summed E-state index contributed by atoms with van der Waals surface area (Å²) in [4.78, 5) is 11.9. The fourth-order valence-electron chi connectivity index (χ4n) is 2.33. The summed E-state index contributed by atoms with van der Waals surface area (Å²) >= 11 is 0. The molecule has 0 bridgehead atoms. The first kappa shape index (κ1) is 16.8. The number of benzene rings is 1. The van der Waals surface area contributed by atoms with Gasteiger partial charge >= 0.3 is 0 Å². The molecule has 0 fully saturated rings. The van der Waals surface area contributed by atoms with Crippen LogP contribution in [0.25, 0.3) is 0 Å². The topological polar surface area (TPSA) is 64.4 Å². The molecule has 0 aliphatic carbocycles. The molecular formula is C15H23ClN2O2. The summed E-state index contributed by atoms with van der Waals surface area (Å²) in [5.74, 6) is 0.994. The summed E-state index contributed by atoms with van der Waals surface area (Å²) in [6.07, 6.45) is 4.75. The van der Waals surface area contributed by atoms with Crippen molar-refractivity contribution in [3.8, 4) is 5.75 Å². The minimum absolute atomic E-state index is 0. The highest BCUT2D eigenvalue weighted by Crippen LogP contribution is 2.31. The highest BCUT2D eigenvalue weighted by atomic mass is 35.5. The SMILES string of the molecule is Cl.NCCCCCCC(=O)NC1COc2ccccc21. The second-order valence-electron chi connectivity index (χ2n) is 4.92. The van der Waals surface area contributed by atoms with Gasteiger partial charge in [-0.2, -0.15) is 0 Å². The Morgan fingerprint density at radius 1 is 1.25 bits per heavy atom. The molecule has 3 N–H and O–H groups in total. The Labute approximate surface area is 126 Å². The fourth-order valence-corrected chi connectivity index (χ4v) is 2.33. The number of nitrogens with two attached hydrogens (primary N) is 1. The average Bonchev–Trinajstić information content (AvgIpc) is 2.82. The molecule has 0 radical (unpaired) electrons. The molecule has 2 rings (SSSR count). The Bertz CT molecular complexity index is 426. The van der Waals surface area contributed by atoms with E-state index in [0.29, 0.717) is 13.0 Å². The van der Waals surface area contributed by atoms with E-state index in [1.165, 1.54) is 0 Å². The molecular weight excluding hydrogens is 276 g/mol. The summed E-state index contributed by atoms with van der Waals surface area (Å²) in [7, 11) is 0. The maximum absolute atomic E-state index is 11.9. The lowest BCUT2D eigenvalue weighted by Crippen LogP contribution is -2.29. The molecule has 1 aliphatic rings. The van der Waals surface area contributed by atoms with Crippen molar-refractivity contribution < 1.29 is 9.53 Å². The molecule has 1 aromatic carbocycles. The predicted molar refractivity (Wildman–Crippen MR) is 82.2 cm³/mol. The zero-order valence-corrected chi connectivity index (χ0v) is 12.5. The van der Waals surface area contributed by atoms with E-state index in [1.54, 1.807) is 0 Å². The highest BCUT2D eigenvalue weighted by molar-refractivity contribution is 5.85. The van der Waals surface area contributed by atoms with E-state index in [0.717, 1.165) is 43.5 Å². The summed E-state index contributed by atoms with van der Waals surface area (Å²) in [5, 5.41) is 3.04. The van der Waals surface area contributed by atoms with E-state index in [9.17, 15) is 4.79 Å². The van der Waals surface area contributed by atoms with Crippen LogP contribution in [0.1, 0.15) is 43.7 Å². The van der Waals surface area contributed by atoms with Gasteiger partial charge in [-0.3, -0.25) is 4.79 Å². The first-order chi connectivity index (χ1) is 9.31. The second kappa shape index (κ2) is 8.82. The van der Waals surface area contributed by atoms with Gasteiger partial charge in [0.1, 0.15) is 12.4 Å². The average molecular weight is 299 g/mol. The van der Waals surface area contributed by atoms with E-state index < -0.39 is 0 Å². The van der Waals surface area contributed by atoms with Gasteiger partial charge in [-0.25, -0.2) is 0 Å². The maximum atomic E-state index is 11.9. The van der Waals surface area contributed by atoms with Crippen LogP contribution in [0.3, 0.4) is 0 Å². The Balaban J connectivity index is 0.00000200. The zero-order chi connectivity index (χ0) is 13.5. The van der Waals surface area contributed by atoms with Crippen LogP contribution in [0.2, 0.25) is 0 Å². The molecule has 5 heteroatoms. The van der Waals surface area contributed by atoms with E-state index in [1.807, 2.05) is 24.3 Å². The van der Waals surface area contributed by atoms with Crippen LogP contribution < -0.4 is 15.8 Å². The van der Waals surface area contributed by atoms with Crippen LogP contribution in [0.4, 0.5) is 0 Å². The van der Waals surface area contributed by atoms with E-state index in [2.05, 4.69) is 5.32 Å². The molecule has 0 aromatic heterocycles. The monoisotopic (exact) mass is 298 g/mol. The fraction of sp³-hybridized carbons (Fsp3) is 0.533. The largest absolute Gasteiger partial charge is 0.491 e. The van der Waals surface area contributed by atoms with Crippen LogP contribution in [0, 0.1) is 0 Å². The molecule has 0 spiro atoms.